The molecule has 0 atom stereocenters. The maximum atomic E-state index is 13.3. The average Bonchev–Trinajstić information content (AvgIpc) is 3.01. The van der Waals surface area contributed by atoms with Crippen molar-refractivity contribution in [2.75, 3.05) is 10.2 Å². The minimum absolute atomic E-state index is 0.181. The van der Waals surface area contributed by atoms with Gasteiger partial charge in [0.25, 0.3) is 11.8 Å². The van der Waals surface area contributed by atoms with E-state index in [0.29, 0.717) is 27.5 Å². The lowest BCUT2D eigenvalue weighted by Crippen LogP contribution is -2.32. The Morgan fingerprint density at radius 1 is 0.900 bits per heavy atom. The summed E-state index contributed by atoms with van der Waals surface area (Å²) in [5, 5.41) is 12.7. The number of imide groups is 1. The van der Waals surface area contributed by atoms with Crippen molar-refractivity contribution in [2.24, 2.45) is 0 Å². The summed E-state index contributed by atoms with van der Waals surface area (Å²) in [6, 6.07) is 22.7. The Bertz CT molecular complexity index is 1230. The van der Waals surface area contributed by atoms with E-state index in [4.69, 9.17) is 16.9 Å². The van der Waals surface area contributed by atoms with Crippen LogP contribution >= 0.6 is 11.6 Å². The van der Waals surface area contributed by atoms with Crippen molar-refractivity contribution in [2.45, 2.75) is 6.92 Å². The van der Waals surface area contributed by atoms with Gasteiger partial charge in [-0.3, -0.25) is 9.59 Å². The number of benzene rings is 3. The first-order valence-corrected chi connectivity index (χ1v) is 9.60. The number of nitrogens with one attached hydrogen (secondary N) is 1. The smallest absolute Gasteiger partial charge is 0.282 e. The highest BCUT2D eigenvalue weighted by molar-refractivity contribution is 6.46. The molecule has 0 aliphatic carbocycles. The molecule has 5 nitrogen and oxygen atoms in total. The van der Waals surface area contributed by atoms with Gasteiger partial charge in [-0.2, -0.15) is 5.26 Å². The van der Waals surface area contributed by atoms with Crippen LogP contribution in [0.3, 0.4) is 0 Å². The Morgan fingerprint density at radius 2 is 1.60 bits per heavy atom. The van der Waals surface area contributed by atoms with Gasteiger partial charge in [-0.1, -0.05) is 48.0 Å². The van der Waals surface area contributed by atoms with Crippen molar-refractivity contribution in [1.82, 2.24) is 0 Å². The average molecular weight is 414 g/mol. The number of hydrogen-bond donors (Lipinski definition) is 1. The second-order valence-corrected chi connectivity index (χ2v) is 7.17. The molecule has 146 valence electrons. The van der Waals surface area contributed by atoms with Gasteiger partial charge in [-0.25, -0.2) is 4.90 Å². The van der Waals surface area contributed by atoms with E-state index in [9.17, 15) is 9.59 Å². The molecule has 0 saturated heterocycles. The highest BCUT2D eigenvalue weighted by Crippen LogP contribution is 2.35. The fourth-order valence-electron chi connectivity index (χ4n) is 3.32. The molecule has 1 aliphatic heterocycles. The second-order valence-electron chi connectivity index (χ2n) is 6.76. The Hall–Kier alpha value is -3.88. The van der Waals surface area contributed by atoms with Crippen LogP contribution in [0.1, 0.15) is 16.7 Å². The number of carbonyl (C=O) groups is 2. The van der Waals surface area contributed by atoms with E-state index in [-0.39, 0.29) is 11.3 Å². The van der Waals surface area contributed by atoms with E-state index in [1.165, 1.54) is 0 Å². The summed E-state index contributed by atoms with van der Waals surface area (Å²) < 4.78 is 0. The van der Waals surface area contributed by atoms with Gasteiger partial charge >= 0.3 is 0 Å². The molecule has 6 heteroatoms. The minimum Gasteiger partial charge on any atom is -0.350 e. The number of hydrogen-bond acceptors (Lipinski definition) is 4. The molecule has 2 amide bonds. The first kappa shape index (κ1) is 19.4. The van der Waals surface area contributed by atoms with Gasteiger partial charge in [0.1, 0.15) is 5.70 Å². The molecule has 0 saturated carbocycles. The van der Waals surface area contributed by atoms with E-state index >= 15 is 0 Å². The maximum absolute atomic E-state index is 13.3. The quantitative estimate of drug-likeness (QED) is 0.616. The normalized spacial score (nSPS) is 13.6. The number of carbonyl (C=O) groups excluding carboxylic acids is 2. The molecule has 1 N–H and O–H groups in total. The highest BCUT2D eigenvalue weighted by atomic mass is 35.5. The van der Waals surface area contributed by atoms with E-state index in [2.05, 4.69) is 5.32 Å². The molecule has 4 rings (SSSR count). The van der Waals surface area contributed by atoms with Crippen molar-refractivity contribution in [3.63, 3.8) is 0 Å². The first-order chi connectivity index (χ1) is 14.5. The van der Waals surface area contributed by atoms with Crippen LogP contribution in [0.5, 0.6) is 0 Å². The molecule has 0 bridgehead atoms. The molecule has 0 spiro atoms. The van der Waals surface area contributed by atoms with Gasteiger partial charge in [-0.15, -0.1) is 0 Å². The van der Waals surface area contributed by atoms with Crippen LogP contribution in [-0.2, 0) is 9.59 Å². The number of halogens is 1. The summed E-state index contributed by atoms with van der Waals surface area (Å²) in [5.41, 5.74) is 3.36. The third-order valence-electron chi connectivity index (χ3n) is 4.93. The topological polar surface area (TPSA) is 73.2 Å². The van der Waals surface area contributed by atoms with Crippen LogP contribution in [-0.4, -0.2) is 11.8 Å². The summed E-state index contributed by atoms with van der Waals surface area (Å²) in [6.45, 7) is 1.84. The molecule has 3 aromatic rings. The van der Waals surface area contributed by atoms with Gasteiger partial charge in [-0.05, 0) is 54.4 Å². The van der Waals surface area contributed by atoms with E-state index in [0.717, 1.165) is 10.5 Å². The van der Waals surface area contributed by atoms with Crippen molar-refractivity contribution < 1.29 is 9.59 Å². The highest BCUT2D eigenvalue weighted by Gasteiger charge is 2.40. The van der Waals surface area contributed by atoms with Gasteiger partial charge in [0.15, 0.2) is 0 Å². The second kappa shape index (κ2) is 7.86. The van der Waals surface area contributed by atoms with Crippen molar-refractivity contribution in [3.8, 4) is 6.07 Å². The molecule has 0 unspecified atom stereocenters. The monoisotopic (exact) mass is 413 g/mol. The van der Waals surface area contributed by atoms with Crippen LogP contribution in [0.25, 0.3) is 5.57 Å². The first-order valence-electron chi connectivity index (χ1n) is 9.22. The van der Waals surface area contributed by atoms with Crippen LogP contribution in [0.2, 0.25) is 5.02 Å². The van der Waals surface area contributed by atoms with Crippen molar-refractivity contribution in [1.29, 1.82) is 5.26 Å². The molecular weight excluding hydrogens is 398 g/mol. The number of anilines is 2. The maximum Gasteiger partial charge on any atom is 0.282 e. The molecular formula is C24H16ClN3O2. The standard InChI is InChI=1S/C24H16ClN3O2/c1-15-19(25)8-5-9-20(15)27-22-21(17-6-3-2-4-7-17)23(29)28(24(22)30)18-12-10-16(14-26)11-13-18/h2-13,27H,1H3. The Labute approximate surface area is 178 Å². The summed E-state index contributed by atoms with van der Waals surface area (Å²) in [5.74, 6) is -0.902. The summed E-state index contributed by atoms with van der Waals surface area (Å²) in [6.07, 6.45) is 0. The molecule has 0 fully saturated rings. The number of amides is 2. The SMILES string of the molecule is Cc1c(Cl)cccc1NC1=C(c2ccccc2)C(=O)N(c2ccc(C#N)cc2)C1=O. The van der Waals surface area contributed by atoms with Crippen LogP contribution in [0.4, 0.5) is 11.4 Å². The fourth-order valence-corrected chi connectivity index (χ4v) is 3.49. The lowest BCUT2D eigenvalue weighted by molar-refractivity contribution is -0.120. The number of rotatable bonds is 4. The third-order valence-corrected chi connectivity index (χ3v) is 5.34. The number of nitrogens with zero attached hydrogens (tertiary/aromatic N) is 2. The Morgan fingerprint density at radius 3 is 2.27 bits per heavy atom. The Kier molecular flexibility index (Phi) is 5.09. The largest absolute Gasteiger partial charge is 0.350 e. The summed E-state index contributed by atoms with van der Waals surface area (Å²) in [4.78, 5) is 27.8. The van der Waals surface area contributed by atoms with Crippen molar-refractivity contribution >= 4 is 40.4 Å². The molecule has 30 heavy (non-hydrogen) atoms. The van der Waals surface area contributed by atoms with Crippen LogP contribution < -0.4 is 10.2 Å². The van der Waals surface area contributed by atoms with Crippen molar-refractivity contribution in [3.05, 3.63) is 100 Å². The van der Waals surface area contributed by atoms with Gasteiger partial charge in [0, 0.05) is 10.7 Å². The minimum atomic E-state index is -0.470. The molecule has 1 aliphatic rings. The zero-order valence-corrected chi connectivity index (χ0v) is 16.8. The summed E-state index contributed by atoms with van der Waals surface area (Å²) in [7, 11) is 0. The lowest BCUT2D eigenvalue weighted by atomic mass is 10.0. The predicted octanol–water partition coefficient (Wildman–Crippen LogP) is 4.92. The fraction of sp³-hybridized carbons (Fsp3) is 0.0417. The molecule has 1 heterocycles. The predicted molar refractivity (Wildman–Crippen MR) is 117 cm³/mol. The molecule has 0 aromatic heterocycles. The zero-order valence-electron chi connectivity index (χ0n) is 16.0. The zero-order chi connectivity index (χ0) is 21.3. The number of nitriles is 1. The lowest BCUT2D eigenvalue weighted by Gasteiger charge is -2.16. The van der Waals surface area contributed by atoms with Gasteiger partial charge in [0.05, 0.1) is 22.9 Å². The van der Waals surface area contributed by atoms with E-state index in [1.54, 1.807) is 54.6 Å². The van der Waals surface area contributed by atoms with Gasteiger partial charge in [0.2, 0.25) is 0 Å². The van der Waals surface area contributed by atoms with E-state index in [1.807, 2.05) is 31.2 Å². The third kappa shape index (κ3) is 3.34. The van der Waals surface area contributed by atoms with Crippen LogP contribution in [0, 0.1) is 18.3 Å². The molecule has 3 aromatic carbocycles. The summed E-state index contributed by atoms with van der Waals surface area (Å²) >= 11 is 6.23. The van der Waals surface area contributed by atoms with E-state index < -0.39 is 11.8 Å². The van der Waals surface area contributed by atoms with Crippen LogP contribution in [0.15, 0.2) is 78.5 Å². The Balaban J connectivity index is 1.82. The van der Waals surface area contributed by atoms with Gasteiger partial charge < -0.3 is 5.32 Å². The molecule has 0 radical (unpaired) electrons.